The fourth-order valence-corrected chi connectivity index (χ4v) is 5.73. The Morgan fingerprint density at radius 2 is 1.89 bits per heavy atom. The van der Waals surface area contributed by atoms with Crippen LogP contribution in [0.5, 0.6) is 0 Å². The van der Waals surface area contributed by atoms with Gasteiger partial charge in [-0.3, -0.25) is 0 Å². The van der Waals surface area contributed by atoms with E-state index in [0.717, 1.165) is 11.1 Å². The summed E-state index contributed by atoms with van der Waals surface area (Å²) in [6.07, 6.45) is -1.20. The summed E-state index contributed by atoms with van der Waals surface area (Å²) in [6.45, 7) is -1.08. The summed E-state index contributed by atoms with van der Waals surface area (Å²) in [5, 5.41) is 9.47. The van der Waals surface area contributed by atoms with E-state index < -0.39 is 54.1 Å². The first-order valence-corrected chi connectivity index (χ1v) is 12.5. The maximum Gasteiger partial charge on any atom is 0.410 e. The van der Waals surface area contributed by atoms with Crippen LogP contribution in [-0.2, 0) is 4.74 Å². The van der Waals surface area contributed by atoms with Gasteiger partial charge in [0, 0.05) is 31.0 Å². The van der Waals surface area contributed by atoms with Crippen LogP contribution < -0.4 is 5.32 Å². The van der Waals surface area contributed by atoms with Gasteiger partial charge in [0.1, 0.15) is 18.0 Å². The van der Waals surface area contributed by atoms with Gasteiger partial charge < -0.3 is 25.3 Å². The number of carbonyl (C=O) groups is 1. The van der Waals surface area contributed by atoms with Gasteiger partial charge in [-0.15, -0.1) is 0 Å². The molecule has 3 atom stereocenters. The van der Waals surface area contributed by atoms with E-state index in [9.17, 15) is 35.5 Å². The molecule has 1 aromatic heterocycles. The summed E-state index contributed by atoms with van der Waals surface area (Å²) < 4.78 is 101. The minimum absolute atomic E-state index is 0.143. The Labute approximate surface area is 213 Å². The molecule has 3 N–H and O–H groups in total. The molecule has 14 heteroatoms. The van der Waals surface area contributed by atoms with Crippen molar-refractivity contribution in [3.63, 3.8) is 0 Å². The fourth-order valence-electron chi connectivity index (χ4n) is 5.73. The van der Waals surface area contributed by atoms with E-state index >= 15 is 0 Å². The number of H-pyrrole nitrogens is 1. The van der Waals surface area contributed by atoms with Crippen LogP contribution in [0.3, 0.4) is 0 Å². The van der Waals surface area contributed by atoms with E-state index in [1.54, 1.807) is 0 Å². The van der Waals surface area contributed by atoms with Crippen LogP contribution in [0.15, 0.2) is 11.8 Å². The third kappa shape index (κ3) is 5.03. The van der Waals surface area contributed by atoms with E-state index in [2.05, 4.69) is 9.97 Å². The van der Waals surface area contributed by atoms with E-state index in [1.807, 2.05) is 5.32 Å². The second-order valence-electron chi connectivity index (χ2n) is 10.8. The van der Waals surface area contributed by atoms with E-state index in [0.29, 0.717) is 18.5 Å². The molecule has 1 spiro atoms. The summed E-state index contributed by atoms with van der Waals surface area (Å²) in [7, 11) is 0. The number of imidazole rings is 1. The first kappa shape index (κ1) is 26.9. The second kappa shape index (κ2) is 9.23. The van der Waals surface area contributed by atoms with Gasteiger partial charge in [-0.05, 0) is 43.3 Å². The number of ether oxygens (including phenoxy) is 1. The molecule has 1 aliphatic heterocycles. The third-order valence-corrected chi connectivity index (χ3v) is 8.29. The average Bonchev–Trinajstić information content (AvgIpc) is 3.54. The molecule has 1 saturated heterocycles. The Morgan fingerprint density at radius 1 is 1.21 bits per heavy atom. The molecule has 3 aliphatic carbocycles. The third-order valence-electron chi connectivity index (χ3n) is 8.29. The summed E-state index contributed by atoms with van der Waals surface area (Å²) >= 11 is 0. The SMILES string of the molecule is N=C/C(=C\c1ncc(C(OCC2C(F)(F)C23CC3)C2CCC(F)(F)CC2)[nH]1)CN1C[C@@H](C(F)(F)F)NC1=O. The van der Waals surface area contributed by atoms with Crippen molar-refractivity contribution >= 4 is 18.3 Å². The predicted octanol–water partition coefficient (Wildman–Crippen LogP) is 5.33. The molecule has 2 unspecified atom stereocenters. The molecule has 0 aromatic carbocycles. The van der Waals surface area contributed by atoms with Crippen molar-refractivity contribution in [3.8, 4) is 0 Å². The average molecular weight is 552 g/mol. The highest BCUT2D eigenvalue weighted by atomic mass is 19.4. The molecule has 0 bridgehead atoms. The standard InChI is InChI=1S/C24H28F7N5O2/c25-22(26)3-1-14(2-4-22)19(38-12-16-21(5-6-21)23(16,27)28)15-9-33-18(34-15)7-13(8-32)10-36-11-17(24(29,30)31)35-20(36)37/h7-9,14,16-17,19,32H,1-6,10-12H2,(H,33,34)(H,35,37)/b13-7+,32-8?/t16?,17-,19?/m0/s1. The zero-order valence-corrected chi connectivity index (χ0v) is 20.3. The van der Waals surface area contributed by atoms with Crippen LogP contribution in [0, 0.1) is 22.7 Å². The fraction of sp³-hybridized carbons (Fsp3) is 0.708. The van der Waals surface area contributed by atoms with Gasteiger partial charge in [0.25, 0.3) is 5.92 Å². The highest BCUT2D eigenvalue weighted by molar-refractivity contribution is 5.85. The quantitative estimate of drug-likeness (QED) is 0.286. The van der Waals surface area contributed by atoms with E-state index in [-0.39, 0.29) is 56.2 Å². The van der Waals surface area contributed by atoms with Crippen molar-refractivity contribution in [2.75, 3.05) is 19.7 Å². The summed E-state index contributed by atoms with van der Waals surface area (Å²) in [5.74, 6) is -6.61. The number of nitrogens with one attached hydrogen (secondary N) is 3. The van der Waals surface area contributed by atoms with Crippen molar-refractivity contribution in [1.82, 2.24) is 20.2 Å². The van der Waals surface area contributed by atoms with Gasteiger partial charge in [0.15, 0.2) is 0 Å². The number of aromatic nitrogens is 2. The molecule has 4 fully saturated rings. The highest BCUT2D eigenvalue weighted by Crippen LogP contribution is 2.79. The smallest absolute Gasteiger partial charge is 0.371 e. The van der Waals surface area contributed by atoms with Gasteiger partial charge in [0.05, 0.1) is 31.0 Å². The van der Waals surface area contributed by atoms with Crippen LogP contribution in [0.4, 0.5) is 35.5 Å². The normalized spacial score (nSPS) is 28.9. The van der Waals surface area contributed by atoms with E-state index in [1.165, 1.54) is 12.3 Å². The molecule has 210 valence electrons. The zero-order valence-electron chi connectivity index (χ0n) is 20.3. The number of halogens is 7. The van der Waals surface area contributed by atoms with Crippen molar-refractivity contribution in [2.45, 2.75) is 68.7 Å². The van der Waals surface area contributed by atoms with Gasteiger partial charge in [0.2, 0.25) is 5.92 Å². The molecule has 7 nitrogen and oxygen atoms in total. The Balaban J connectivity index is 1.29. The molecule has 38 heavy (non-hydrogen) atoms. The highest BCUT2D eigenvalue weighted by Gasteiger charge is 2.86. The monoisotopic (exact) mass is 551 g/mol. The lowest BCUT2D eigenvalue weighted by atomic mass is 9.82. The maximum absolute atomic E-state index is 14.2. The first-order chi connectivity index (χ1) is 17.8. The number of urea groups is 1. The minimum atomic E-state index is -4.60. The molecule has 2 amide bonds. The number of hydrogen-bond donors (Lipinski definition) is 3. The molecular weight excluding hydrogens is 523 g/mol. The molecule has 1 aromatic rings. The first-order valence-electron chi connectivity index (χ1n) is 12.5. The van der Waals surface area contributed by atoms with Crippen molar-refractivity contribution in [2.24, 2.45) is 17.3 Å². The number of aromatic amines is 1. The van der Waals surface area contributed by atoms with Crippen LogP contribution in [0.2, 0.25) is 0 Å². The number of hydrogen-bond acceptors (Lipinski definition) is 4. The predicted molar refractivity (Wildman–Crippen MR) is 121 cm³/mol. The molecular formula is C24H28F7N5O2. The number of nitrogens with zero attached hydrogens (tertiary/aromatic N) is 2. The van der Waals surface area contributed by atoms with Crippen LogP contribution in [0.25, 0.3) is 6.08 Å². The lowest BCUT2D eigenvalue weighted by Gasteiger charge is -2.33. The zero-order chi connectivity index (χ0) is 27.5. The molecule has 4 aliphatic rings. The number of carbonyl (C=O) groups excluding carboxylic acids is 1. The summed E-state index contributed by atoms with van der Waals surface area (Å²) in [5.41, 5.74) is -0.391. The lowest BCUT2D eigenvalue weighted by molar-refractivity contribution is -0.149. The summed E-state index contributed by atoms with van der Waals surface area (Å²) in [4.78, 5) is 20.0. The maximum atomic E-state index is 14.2. The number of rotatable bonds is 9. The van der Waals surface area contributed by atoms with Gasteiger partial charge in [-0.2, -0.15) is 13.2 Å². The minimum Gasteiger partial charge on any atom is -0.371 e. The number of amides is 2. The van der Waals surface area contributed by atoms with Crippen molar-refractivity contribution in [1.29, 1.82) is 5.41 Å². The van der Waals surface area contributed by atoms with Crippen LogP contribution in [-0.4, -0.2) is 70.9 Å². The topological polar surface area (TPSA) is 94.1 Å². The molecule has 5 rings (SSSR count). The summed E-state index contributed by atoms with van der Waals surface area (Å²) in [6, 6.07) is -2.92. The lowest BCUT2D eigenvalue weighted by Crippen LogP contribution is -2.40. The largest absolute Gasteiger partial charge is 0.410 e. The Morgan fingerprint density at radius 3 is 2.45 bits per heavy atom. The molecule has 2 heterocycles. The van der Waals surface area contributed by atoms with Gasteiger partial charge in [-0.25, -0.2) is 27.3 Å². The molecule has 3 saturated carbocycles. The van der Waals surface area contributed by atoms with Gasteiger partial charge >= 0.3 is 12.2 Å². The van der Waals surface area contributed by atoms with Crippen molar-refractivity contribution in [3.05, 3.63) is 23.3 Å². The Hall–Kier alpha value is -2.64. The molecule has 0 radical (unpaired) electrons. The van der Waals surface area contributed by atoms with E-state index in [4.69, 9.17) is 10.1 Å². The van der Waals surface area contributed by atoms with Crippen molar-refractivity contribution < 1.29 is 40.3 Å². The Kier molecular flexibility index (Phi) is 6.55. The second-order valence-corrected chi connectivity index (χ2v) is 10.8. The number of alkyl halides is 7. The van der Waals surface area contributed by atoms with Gasteiger partial charge in [-0.1, -0.05) is 0 Å². The van der Waals surface area contributed by atoms with Crippen LogP contribution >= 0.6 is 0 Å². The van der Waals surface area contributed by atoms with Crippen LogP contribution in [0.1, 0.15) is 56.1 Å². The Bertz CT molecular complexity index is 1100.